The Morgan fingerprint density at radius 3 is 2.48 bits per heavy atom. The standard InChI is InChI=1S/C17H19N3O/c1-20-16-9-13(11-18)5-8-15(16)19-17(20)10-12-3-6-14(21-2)7-4-12/h3-9H,10-11,18H2,1-2H3. The maximum absolute atomic E-state index is 5.71. The van der Waals surface area contributed by atoms with E-state index in [1.165, 1.54) is 5.56 Å². The first-order valence-corrected chi connectivity index (χ1v) is 6.98. The smallest absolute Gasteiger partial charge is 0.118 e. The van der Waals surface area contributed by atoms with Crippen molar-refractivity contribution in [1.82, 2.24) is 9.55 Å². The number of benzene rings is 2. The molecule has 0 bridgehead atoms. The fraction of sp³-hybridized carbons (Fsp3) is 0.235. The SMILES string of the molecule is COc1ccc(Cc2nc3ccc(CN)cc3n2C)cc1. The Balaban J connectivity index is 1.94. The maximum Gasteiger partial charge on any atom is 0.118 e. The lowest BCUT2D eigenvalue weighted by atomic mass is 10.1. The van der Waals surface area contributed by atoms with Crippen LogP contribution >= 0.6 is 0 Å². The second-order valence-corrected chi connectivity index (χ2v) is 5.14. The van der Waals surface area contributed by atoms with Crippen molar-refractivity contribution >= 4 is 11.0 Å². The van der Waals surface area contributed by atoms with Crippen LogP contribution in [0.25, 0.3) is 11.0 Å². The number of rotatable bonds is 4. The second kappa shape index (κ2) is 5.58. The molecule has 1 aromatic heterocycles. The monoisotopic (exact) mass is 281 g/mol. The van der Waals surface area contributed by atoms with Crippen molar-refractivity contribution in [3.63, 3.8) is 0 Å². The third-order valence-electron chi connectivity index (χ3n) is 3.79. The van der Waals surface area contributed by atoms with E-state index in [4.69, 9.17) is 15.5 Å². The van der Waals surface area contributed by atoms with Crippen LogP contribution in [0.15, 0.2) is 42.5 Å². The highest BCUT2D eigenvalue weighted by atomic mass is 16.5. The molecule has 0 atom stereocenters. The lowest BCUT2D eigenvalue weighted by molar-refractivity contribution is 0.414. The van der Waals surface area contributed by atoms with E-state index < -0.39 is 0 Å². The van der Waals surface area contributed by atoms with Crippen molar-refractivity contribution in [3.05, 3.63) is 59.4 Å². The highest BCUT2D eigenvalue weighted by Gasteiger charge is 2.09. The summed E-state index contributed by atoms with van der Waals surface area (Å²) in [5, 5.41) is 0. The van der Waals surface area contributed by atoms with Gasteiger partial charge >= 0.3 is 0 Å². The van der Waals surface area contributed by atoms with Crippen LogP contribution in [0.5, 0.6) is 5.75 Å². The summed E-state index contributed by atoms with van der Waals surface area (Å²) >= 11 is 0. The predicted molar refractivity (Wildman–Crippen MR) is 84.4 cm³/mol. The third kappa shape index (κ3) is 2.62. The Morgan fingerprint density at radius 2 is 1.81 bits per heavy atom. The molecule has 21 heavy (non-hydrogen) atoms. The zero-order valence-electron chi connectivity index (χ0n) is 12.3. The van der Waals surface area contributed by atoms with Gasteiger partial charge < -0.3 is 15.0 Å². The summed E-state index contributed by atoms with van der Waals surface area (Å²) in [7, 11) is 3.73. The number of aryl methyl sites for hydroxylation is 1. The Hall–Kier alpha value is -2.33. The molecule has 1 heterocycles. The molecule has 2 aromatic carbocycles. The first-order valence-electron chi connectivity index (χ1n) is 6.98. The van der Waals surface area contributed by atoms with E-state index in [2.05, 4.69) is 29.8 Å². The van der Waals surface area contributed by atoms with E-state index in [-0.39, 0.29) is 0 Å². The molecule has 0 aliphatic heterocycles. The Morgan fingerprint density at radius 1 is 1.10 bits per heavy atom. The number of nitrogens with two attached hydrogens (primary N) is 1. The minimum Gasteiger partial charge on any atom is -0.497 e. The lowest BCUT2D eigenvalue weighted by Crippen LogP contribution is -2.00. The van der Waals surface area contributed by atoms with Gasteiger partial charge in [0, 0.05) is 20.0 Å². The molecule has 2 N–H and O–H groups in total. The normalized spacial score (nSPS) is 11.0. The zero-order chi connectivity index (χ0) is 14.8. The first-order chi connectivity index (χ1) is 10.2. The number of aromatic nitrogens is 2. The van der Waals surface area contributed by atoms with Gasteiger partial charge in [0.05, 0.1) is 18.1 Å². The predicted octanol–water partition coefficient (Wildman–Crippen LogP) is 2.63. The van der Waals surface area contributed by atoms with E-state index in [1.54, 1.807) is 7.11 Å². The van der Waals surface area contributed by atoms with Gasteiger partial charge in [-0.1, -0.05) is 18.2 Å². The second-order valence-electron chi connectivity index (χ2n) is 5.14. The summed E-state index contributed by atoms with van der Waals surface area (Å²) in [6, 6.07) is 14.3. The van der Waals surface area contributed by atoms with Crippen LogP contribution in [0.2, 0.25) is 0 Å². The molecule has 0 unspecified atom stereocenters. The van der Waals surface area contributed by atoms with Gasteiger partial charge in [-0.25, -0.2) is 4.98 Å². The molecule has 0 spiro atoms. The highest BCUT2D eigenvalue weighted by molar-refractivity contribution is 5.77. The Bertz CT molecular complexity index is 760. The van der Waals surface area contributed by atoms with E-state index in [0.717, 1.165) is 34.6 Å². The van der Waals surface area contributed by atoms with Crippen LogP contribution in [0, 0.1) is 0 Å². The fourth-order valence-electron chi connectivity index (χ4n) is 2.50. The van der Waals surface area contributed by atoms with Crippen LogP contribution in [0.4, 0.5) is 0 Å². The molecule has 3 rings (SSSR count). The lowest BCUT2D eigenvalue weighted by Gasteiger charge is -2.04. The van der Waals surface area contributed by atoms with Crippen LogP contribution < -0.4 is 10.5 Å². The number of imidazole rings is 1. The summed E-state index contributed by atoms with van der Waals surface area (Å²) in [4.78, 5) is 4.72. The molecule has 4 heteroatoms. The molecule has 0 fully saturated rings. The largest absolute Gasteiger partial charge is 0.497 e. The van der Waals surface area contributed by atoms with Crippen LogP contribution in [0.3, 0.4) is 0 Å². The first kappa shape index (κ1) is 13.6. The molecular weight excluding hydrogens is 262 g/mol. The Labute approximate surface area is 124 Å². The number of ether oxygens (including phenoxy) is 1. The summed E-state index contributed by atoms with van der Waals surface area (Å²) in [5.41, 5.74) is 10.2. The van der Waals surface area contributed by atoms with E-state index in [1.807, 2.05) is 24.3 Å². The molecule has 0 aliphatic carbocycles. The van der Waals surface area contributed by atoms with Crippen LogP contribution in [-0.2, 0) is 20.0 Å². The third-order valence-corrected chi connectivity index (χ3v) is 3.79. The minimum atomic E-state index is 0.551. The molecule has 4 nitrogen and oxygen atoms in total. The summed E-state index contributed by atoms with van der Waals surface area (Å²) in [6.07, 6.45) is 0.799. The molecule has 0 radical (unpaired) electrons. The van der Waals surface area contributed by atoms with Gasteiger partial charge in [0.15, 0.2) is 0 Å². The molecule has 0 saturated heterocycles. The van der Waals surface area contributed by atoms with Crippen molar-refractivity contribution < 1.29 is 4.74 Å². The van der Waals surface area contributed by atoms with E-state index in [9.17, 15) is 0 Å². The van der Waals surface area contributed by atoms with Gasteiger partial charge in [-0.05, 0) is 35.4 Å². The molecular formula is C17H19N3O. The quantitative estimate of drug-likeness (QED) is 0.800. The van der Waals surface area contributed by atoms with Crippen molar-refractivity contribution in [2.24, 2.45) is 12.8 Å². The van der Waals surface area contributed by atoms with Crippen molar-refractivity contribution in [2.45, 2.75) is 13.0 Å². The highest BCUT2D eigenvalue weighted by Crippen LogP contribution is 2.20. The van der Waals surface area contributed by atoms with Gasteiger partial charge in [-0.3, -0.25) is 0 Å². The van der Waals surface area contributed by atoms with Crippen LogP contribution in [0.1, 0.15) is 17.0 Å². The summed E-state index contributed by atoms with van der Waals surface area (Å²) in [5.74, 6) is 1.92. The zero-order valence-corrected chi connectivity index (χ0v) is 12.3. The number of methoxy groups -OCH3 is 1. The van der Waals surface area contributed by atoms with E-state index >= 15 is 0 Å². The van der Waals surface area contributed by atoms with E-state index in [0.29, 0.717) is 6.54 Å². The average Bonchev–Trinajstić information content (AvgIpc) is 2.84. The number of hydrogen-bond acceptors (Lipinski definition) is 3. The summed E-state index contributed by atoms with van der Waals surface area (Å²) in [6.45, 7) is 0.551. The number of hydrogen-bond donors (Lipinski definition) is 1. The molecule has 0 saturated carbocycles. The number of nitrogens with zero attached hydrogens (tertiary/aromatic N) is 2. The van der Waals surface area contributed by atoms with Gasteiger partial charge in [-0.2, -0.15) is 0 Å². The summed E-state index contributed by atoms with van der Waals surface area (Å²) < 4.78 is 7.32. The molecule has 3 aromatic rings. The van der Waals surface area contributed by atoms with Gasteiger partial charge in [0.2, 0.25) is 0 Å². The van der Waals surface area contributed by atoms with Crippen molar-refractivity contribution in [3.8, 4) is 5.75 Å². The van der Waals surface area contributed by atoms with Crippen molar-refractivity contribution in [2.75, 3.05) is 7.11 Å². The van der Waals surface area contributed by atoms with Gasteiger partial charge in [0.25, 0.3) is 0 Å². The maximum atomic E-state index is 5.71. The molecule has 0 aliphatic rings. The fourth-order valence-corrected chi connectivity index (χ4v) is 2.50. The van der Waals surface area contributed by atoms with Gasteiger partial charge in [0.1, 0.15) is 11.6 Å². The molecule has 0 amide bonds. The van der Waals surface area contributed by atoms with Crippen molar-refractivity contribution in [1.29, 1.82) is 0 Å². The molecule has 108 valence electrons. The van der Waals surface area contributed by atoms with Gasteiger partial charge in [-0.15, -0.1) is 0 Å². The Kier molecular flexibility index (Phi) is 3.62. The minimum absolute atomic E-state index is 0.551. The average molecular weight is 281 g/mol. The topological polar surface area (TPSA) is 53.1 Å². The number of fused-ring (bicyclic) bond motifs is 1. The van der Waals surface area contributed by atoms with Crippen LogP contribution in [-0.4, -0.2) is 16.7 Å².